The molecule has 0 spiro atoms. The van der Waals surface area contributed by atoms with E-state index in [1.54, 1.807) is 44.2 Å². The molecule has 8 heteroatoms. The van der Waals surface area contributed by atoms with Crippen LogP contribution in [0.3, 0.4) is 0 Å². The molecule has 3 rings (SSSR count). The van der Waals surface area contributed by atoms with Gasteiger partial charge in [-0.3, -0.25) is 0 Å². The van der Waals surface area contributed by atoms with Gasteiger partial charge in [0.05, 0.1) is 23.1 Å². The van der Waals surface area contributed by atoms with Crippen LogP contribution in [0.15, 0.2) is 65.3 Å². The average Bonchev–Trinajstić information content (AvgIpc) is 2.73. The number of nitrogens with zero attached hydrogens (tertiary/aromatic N) is 1. The molecule has 0 bridgehead atoms. The first-order valence-electron chi connectivity index (χ1n) is 9.47. The molecule has 0 aromatic heterocycles. The third-order valence-corrected chi connectivity index (χ3v) is 5.05. The molecule has 2 aromatic carbocycles. The van der Waals surface area contributed by atoms with Crippen LogP contribution in [0.4, 0.5) is 4.39 Å². The number of nitriles is 1. The lowest BCUT2D eigenvalue weighted by Gasteiger charge is -2.27. The molecule has 0 saturated heterocycles. The van der Waals surface area contributed by atoms with Gasteiger partial charge in [-0.2, -0.15) is 5.26 Å². The summed E-state index contributed by atoms with van der Waals surface area (Å²) in [6.07, 6.45) is 0. The molecular weight excluding hydrogens is 423 g/mol. The Kier molecular flexibility index (Phi) is 6.83. The van der Waals surface area contributed by atoms with Crippen molar-refractivity contribution in [3.05, 3.63) is 87.2 Å². The number of hydrogen-bond acceptors (Lipinski definition) is 6. The number of hydrogen-bond donors (Lipinski definition) is 1. The molecule has 1 aliphatic heterocycles. The third kappa shape index (κ3) is 4.81. The molecule has 0 amide bonds. The van der Waals surface area contributed by atoms with Crippen molar-refractivity contribution in [2.45, 2.75) is 26.4 Å². The largest absolute Gasteiger partial charge is 0.489 e. The lowest BCUT2D eigenvalue weighted by molar-refractivity contribution is -0.139. The number of esters is 1. The highest BCUT2D eigenvalue weighted by Gasteiger charge is 2.36. The molecule has 2 N–H and O–H groups in total. The number of benzene rings is 2. The van der Waals surface area contributed by atoms with Crippen LogP contribution < -0.4 is 10.5 Å². The maximum Gasteiger partial charge on any atom is 0.338 e. The zero-order valence-electron chi connectivity index (χ0n) is 16.9. The molecule has 0 aliphatic carbocycles. The molecule has 2 aromatic rings. The van der Waals surface area contributed by atoms with Crippen LogP contribution in [-0.4, -0.2) is 12.6 Å². The van der Waals surface area contributed by atoms with E-state index in [2.05, 4.69) is 0 Å². The Bertz CT molecular complexity index is 1120. The fourth-order valence-corrected chi connectivity index (χ4v) is 3.49. The van der Waals surface area contributed by atoms with Crippen LogP contribution in [0.25, 0.3) is 0 Å². The van der Waals surface area contributed by atoms with Crippen LogP contribution in [0.2, 0.25) is 5.02 Å². The molecule has 1 heterocycles. The summed E-state index contributed by atoms with van der Waals surface area (Å²) in [5.74, 6) is -1.12. The van der Waals surface area contributed by atoms with Gasteiger partial charge in [-0.25, -0.2) is 9.18 Å². The number of allylic oxidation sites excluding steroid dienone is 2. The molecule has 160 valence electrons. The highest BCUT2D eigenvalue weighted by molar-refractivity contribution is 6.31. The molecule has 1 atom stereocenters. The molecule has 1 unspecified atom stereocenters. The van der Waals surface area contributed by atoms with Gasteiger partial charge < -0.3 is 19.9 Å². The van der Waals surface area contributed by atoms with Gasteiger partial charge in [0.1, 0.15) is 35.6 Å². The number of rotatable bonds is 6. The van der Waals surface area contributed by atoms with Gasteiger partial charge in [0.15, 0.2) is 0 Å². The standard InChI is InChI=1S/C23H20ClFN2O4/c1-3-29-23(28)20-13(2)31-22(27)18(11-26)21(20)14-5-4-6-17(9-14)30-12-15-7-8-16(25)10-19(15)24/h4-10,21H,3,12,27H2,1-2H3. The zero-order chi connectivity index (χ0) is 22.5. The summed E-state index contributed by atoms with van der Waals surface area (Å²) in [6, 6.07) is 13.0. The minimum absolute atomic E-state index is 0.0672. The minimum atomic E-state index is -0.768. The first kappa shape index (κ1) is 22.2. The van der Waals surface area contributed by atoms with Gasteiger partial charge in [-0.15, -0.1) is 0 Å². The average molecular weight is 443 g/mol. The number of carbonyl (C=O) groups is 1. The Labute approximate surface area is 184 Å². The van der Waals surface area contributed by atoms with Crippen molar-refractivity contribution in [3.8, 4) is 11.8 Å². The third-order valence-electron chi connectivity index (χ3n) is 4.70. The van der Waals surface area contributed by atoms with E-state index in [4.69, 9.17) is 31.5 Å². The molecule has 6 nitrogen and oxygen atoms in total. The second kappa shape index (κ2) is 9.54. The van der Waals surface area contributed by atoms with E-state index in [1.807, 2.05) is 6.07 Å². The van der Waals surface area contributed by atoms with Crippen LogP contribution in [0.1, 0.15) is 30.9 Å². The molecule has 0 fully saturated rings. The summed E-state index contributed by atoms with van der Waals surface area (Å²) < 4.78 is 29.6. The second-order valence-electron chi connectivity index (χ2n) is 6.71. The smallest absolute Gasteiger partial charge is 0.338 e. The molecule has 31 heavy (non-hydrogen) atoms. The first-order valence-corrected chi connectivity index (χ1v) is 9.85. The minimum Gasteiger partial charge on any atom is -0.489 e. The molecule has 1 aliphatic rings. The second-order valence-corrected chi connectivity index (χ2v) is 7.12. The van der Waals surface area contributed by atoms with Gasteiger partial charge >= 0.3 is 5.97 Å². The Morgan fingerprint density at radius 1 is 1.32 bits per heavy atom. The van der Waals surface area contributed by atoms with Gasteiger partial charge in [-0.1, -0.05) is 29.8 Å². The maximum absolute atomic E-state index is 13.2. The van der Waals surface area contributed by atoms with E-state index in [0.29, 0.717) is 16.9 Å². The van der Waals surface area contributed by atoms with Gasteiger partial charge in [0, 0.05) is 5.56 Å². The van der Waals surface area contributed by atoms with Crippen molar-refractivity contribution in [2.24, 2.45) is 5.73 Å². The van der Waals surface area contributed by atoms with E-state index >= 15 is 0 Å². The number of halogens is 2. The number of carbonyl (C=O) groups excluding carboxylic acids is 1. The van der Waals surface area contributed by atoms with Crippen molar-refractivity contribution in [2.75, 3.05) is 6.61 Å². The Balaban J connectivity index is 1.94. The summed E-state index contributed by atoms with van der Waals surface area (Å²) in [6.45, 7) is 3.57. The lowest BCUT2D eigenvalue weighted by atomic mass is 9.83. The van der Waals surface area contributed by atoms with Crippen LogP contribution in [0, 0.1) is 17.1 Å². The van der Waals surface area contributed by atoms with Gasteiger partial charge in [-0.05, 0) is 43.7 Å². The van der Waals surface area contributed by atoms with Crippen molar-refractivity contribution in [1.29, 1.82) is 5.26 Å². The van der Waals surface area contributed by atoms with Crippen molar-refractivity contribution in [3.63, 3.8) is 0 Å². The van der Waals surface area contributed by atoms with E-state index in [0.717, 1.165) is 0 Å². The van der Waals surface area contributed by atoms with E-state index in [9.17, 15) is 14.4 Å². The quantitative estimate of drug-likeness (QED) is 0.651. The summed E-state index contributed by atoms with van der Waals surface area (Å²) >= 11 is 6.06. The van der Waals surface area contributed by atoms with Crippen LogP contribution in [-0.2, 0) is 20.9 Å². The fourth-order valence-electron chi connectivity index (χ4n) is 3.27. The van der Waals surface area contributed by atoms with Crippen molar-refractivity contribution < 1.29 is 23.4 Å². The summed E-state index contributed by atoms with van der Waals surface area (Å²) in [5, 5.41) is 9.92. The van der Waals surface area contributed by atoms with Crippen molar-refractivity contribution >= 4 is 17.6 Å². The van der Waals surface area contributed by atoms with E-state index in [-0.39, 0.29) is 41.0 Å². The summed E-state index contributed by atoms with van der Waals surface area (Å²) in [5.41, 5.74) is 7.44. The first-order chi connectivity index (χ1) is 14.8. The SMILES string of the molecule is CCOC(=O)C1=C(C)OC(N)=C(C#N)C1c1cccc(OCc2ccc(F)cc2Cl)c1. The van der Waals surface area contributed by atoms with Gasteiger partial charge in [0.25, 0.3) is 0 Å². The zero-order valence-corrected chi connectivity index (χ0v) is 17.7. The lowest BCUT2D eigenvalue weighted by Crippen LogP contribution is -2.25. The summed E-state index contributed by atoms with van der Waals surface area (Å²) in [4.78, 5) is 12.6. The van der Waals surface area contributed by atoms with Crippen LogP contribution >= 0.6 is 11.6 Å². The van der Waals surface area contributed by atoms with Crippen LogP contribution in [0.5, 0.6) is 5.75 Å². The fraction of sp³-hybridized carbons (Fsp3) is 0.217. The highest BCUT2D eigenvalue weighted by Crippen LogP contribution is 2.40. The van der Waals surface area contributed by atoms with Gasteiger partial charge in [0.2, 0.25) is 5.88 Å². The monoisotopic (exact) mass is 442 g/mol. The van der Waals surface area contributed by atoms with E-state index in [1.165, 1.54) is 12.1 Å². The Morgan fingerprint density at radius 2 is 2.10 bits per heavy atom. The topological polar surface area (TPSA) is 94.6 Å². The van der Waals surface area contributed by atoms with E-state index < -0.39 is 17.7 Å². The van der Waals surface area contributed by atoms with Crippen molar-refractivity contribution in [1.82, 2.24) is 0 Å². The molecular formula is C23H20ClFN2O4. The number of ether oxygens (including phenoxy) is 3. The Hall–Kier alpha value is -3.50. The normalized spacial score (nSPS) is 15.9. The molecule has 0 radical (unpaired) electrons. The maximum atomic E-state index is 13.2. The summed E-state index contributed by atoms with van der Waals surface area (Å²) in [7, 11) is 0. The Morgan fingerprint density at radius 3 is 2.77 bits per heavy atom. The highest BCUT2D eigenvalue weighted by atomic mass is 35.5. The predicted molar refractivity (Wildman–Crippen MR) is 112 cm³/mol. The number of nitrogens with two attached hydrogens (primary N) is 1. The molecule has 0 saturated carbocycles. The predicted octanol–water partition coefficient (Wildman–Crippen LogP) is 4.70.